The van der Waals surface area contributed by atoms with Gasteiger partial charge in [0.05, 0.1) is 17.6 Å². The minimum Gasteiger partial charge on any atom is -0.464 e. The van der Waals surface area contributed by atoms with Gasteiger partial charge >= 0.3 is 17.9 Å². The summed E-state index contributed by atoms with van der Waals surface area (Å²) in [6, 6.07) is 3.27. The molecule has 0 spiro atoms. The van der Waals surface area contributed by atoms with Gasteiger partial charge < -0.3 is 14.2 Å². The van der Waals surface area contributed by atoms with E-state index in [1.165, 1.54) is 0 Å². The number of hydrogen-bond acceptors (Lipinski definition) is 8. The monoisotopic (exact) mass is 308 g/mol. The predicted octanol–water partition coefficient (Wildman–Crippen LogP) is 0.636. The Bertz CT molecular complexity index is 482. The Morgan fingerprint density at radius 1 is 1.00 bits per heavy atom. The average molecular weight is 308 g/mol. The topological polar surface area (TPSA) is 126 Å². The second-order valence-electron chi connectivity index (χ2n) is 4.61. The SMILES string of the molecule is C=CC(=O)OCC(C)(COC(=O)CC#N)COC(=O)CC#N. The highest BCUT2D eigenvalue weighted by atomic mass is 16.6. The molecule has 0 N–H and O–H groups in total. The Labute approximate surface area is 127 Å². The number of rotatable bonds is 9. The van der Waals surface area contributed by atoms with Crippen molar-refractivity contribution in [2.24, 2.45) is 5.41 Å². The Kier molecular flexibility index (Phi) is 8.65. The van der Waals surface area contributed by atoms with Gasteiger partial charge in [-0.2, -0.15) is 10.5 Å². The molecule has 0 heterocycles. The fourth-order valence-corrected chi connectivity index (χ4v) is 1.17. The minimum atomic E-state index is -1.01. The maximum absolute atomic E-state index is 11.2. The van der Waals surface area contributed by atoms with Crippen LogP contribution >= 0.6 is 0 Å². The highest BCUT2D eigenvalue weighted by molar-refractivity contribution is 5.81. The van der Waals surface area contributed by atoms with Crippen molar-refractivity contribution in [3.8, 4) is 12.1 Å². The van der Waals surface area contributed by atoms with E-state index in [4.69, 9.17) is 24.7 Å². The van der Waals surface area contributed by atoms with Crippen molar-refractivity contribution >= 4 is 17.9 Å². The van der Waals surface area contributed by atoms with Crippen LogP contribution in [0.4, 0.5) is 0 Å². The van der Waals surface area contributed by atoms with Crippen LogP contribution in [-0.2, 0) is 28.6 Å². The molecular formula is C14H16N2O6. The third-order valence-electron chi connectivity index (χ3n) is 2.34. The van der Waals surface area contributed by atoms with Crippen LogP contribution in [0.3, 0.4) is 0 Å². The zero-order chi connectivity index (χ0) is 17.0. The summed E-state index contributed by atoms with van der Waals surface area (Å²) in [7, 11) is 0. The van der Waals surface area contributed by atoms with Crippen molar-refractivity contribution < 1.29 is 28.6 Å². The summed E-state index contributed by atoms with van der Waals surface area (Å²) >= 11 is 0. The van der Waals surface area contributed by atoms with E-state index in [0.717, 1.165) is 6.08 Å². The fourth-order valence-electron chi connectivity index (χ4n) is 1.17. The maximum Gasteiger partial charge on any atom is 0.330 e. The van der Waals surface area contributed by atoms with Gasteiger partial charge in [0, 0.05) is 6.08 Å². The lowest BCUT2D eigenvalue weighted by Gasteiger charge is -2.27. The Morgan fingerprint density at radius 2 is 1.41 bits per heavy atom. The van der Waals surface area contributed by atoms with Crippen molar-refractivity contribution in [1.82, 2.24) is 0 Å². The number of nitrogens with zero attached hydrogens (tertiary/aromatic N) is 2. The molecule has 118 valence electrons. The van der Waals surface area contributed by atoms with E-state index in [2.05, 4.69) is 6.58 Å². The highest BCUT2D eigenvalue weighted by Crippen LogP contribution is 2.19. The smallest absolute Gasteiger partial charge is 0.330 e. The molecule has 0 aliphatic carbocycles. The van der Waals surface area contributed by atoms with E-state index >= 15 is 0 Å². The first-order chi connectivity index (χ1) is 10.4. The van der Waals surface area contributed by atoms with Gasteiger partial charge in [-0.05, 0) is 6.92 Å². The standard InChI is InChI=1S/C14H16N2O6/c1-3-11(17)20-8-14(2,9-21-12(18)4-6-15)10-22-13(19)5-7-16/h3H,1,4-5,8-10H2,2H3. The van der Waals surface area contributed by atoms with E-state index in [0.29, 0.717) is 0 Å². The molecule has 22 heavy (non-hydrogen) atoms. The molecule has 0 fully saturated rings. The first-order valence-corrected chi connectivity index (χ1v) is 6.21. The zero-order valence-corrected chi connectivity index (χ0v) is 12.2. The highest BCUT2D eigenvalue weighted by Gasteiger charge is 2.30. The molecule has 0 aliphatic rings. The second-order valence-corrected chi connectivity index (χ2v) is 4.61. The first kappa shape index (κ1) is 19.1. The first-order valence-electron chi connectivity index (χ1n) is 6.21. The molecule has 0 aliphatic heterocycles. The molecule has 0 radical (unpaired) electrons. The summed E-state index contributed by atoms with van der Waals surface area (Å²) in [6.07, 6.45) is 0.122. The van der Waals surface area contributed by atoms with Crippen LogP contribution in [0.5, 0.6) is 0 Å². The third-order valence-corrected chi connectivity index (χ3v) is 2.34. The molecule has 0 saturated heterocycles. The molecule has 0 aromatic heterocycles. The van der Waals surface area contributed by atoms with Gasteiger partial charge in [-0.15, -0.1) is 0 Å². The van der Waals surface area contributed by atoms with Crippen LogP contribution in [0.1, 0.15) is 19.8 Å². The van der Waals surface area contributed by atoms with Crippen LogP contribution in [0, 0.1) is 28.1 Å². The van der Waals surface area contributed by atoms with Crippen LogP contribution in [0.2, 0.25) is 0 Å². The number of hydrogen-bond donors (Lipinski definition) is 0. The molecule has 8 nitrogen and oxygen atoms in total. The summed E-state index contributed by atoms with van der Waals surface area (Å²) in [5.74, 6) is -2.17. The number of carbonyl (C=O) groups is 3. The summed E-state index contributed by atoms with van der Waals surface area (Å²) in [5, 5.41) is 16.8. The third kappa shape index (κ3) is 8.33. The zero-order valence-electron chi connectivity index (χ0n) is 12.2. The van der Waals surface area contributed by atoms with Crippen LogP contribution in [-0.4, -0.2) is 37.7 Å². The predicted molar refractivity (Wildman–Crippen MR) is 71.6 cm³/mol. The molecule has 0 rings (SSSR count). The van der Waals surface area contributed by atoms with Crippen molar-refractivity contribution in [3.63, 3.8) is 0 Å². The quantitative estimate of drug-likeness (QED) is 0.345. The van der Waals surface area contributed by atoms with Gasteiger partial charge in [-0.3, -0.25) is 9.59 Å². The molecular weight excluding hydrogens is 292 g/mol. The molecule has 0 bridgehead atoms. The second kappa shape index (κ2) is 9.94. The van der Waals surface area contributed by atoms with Gasteiger partial charge in [-0.25, -0.2) is 4.79 Å². The van der Waals surface area contributed by atoms with Crippen LogP contribution in [0.15, 0.2) is 12.7 Å². The van der Waals surface area contributed by atoms with Crippen molar-refractivity contribution in [2.75, 3.05) is 19.8 Å². The van der Waals surface area contributed by atoms with Crippen LogP contribution < -0.4 is 0 Å². The summed E-state index contributed by atoms with van der Waals surface area (Å²) in [5.41, 5.74) is -1.01. The summed E-state index contributed by atoms with van der Waals surface area (Å²) < 4.78 is 14.6. The normalized spacial score (nSPS) is 9.77. The minimum absolute atomic E-state index is 0.197. The van der Waals surface area contributed by atoms with Crippen molar-refractivity contribution in [1.29, 1.82) is 10.5 Å². The average Bonchev–Trinajstić information content (AvgIpc) is 2.49. The molecule has 8 heteroatoms. The van der Waals surface area contributed by atoms with Gasteiger partial charge in [0.15, 0.2) is 0 Å². The maximum atomic E-state index is 11.2. The number of esters is 3. The fraction of sp³-hybridized carbons (Fsp3) is 0.500. The van der Waals surface area contributed by atoms with E-state index in [9.17, 15) is 14.4 Å². The van der Waals surface area contributed by atoms with Gasteiger partial charge in [0.2, 0.25) is 0 Å². The number of carbonyl (C=O) groups excluding carboxylic acids is 3. The molecule has 0 unspecified atom stereocenters. The summed E-state index contributed by atoms with van der Waals surface area (Å²) in [4.78, 5) is 33.5. The van der Waals surface area contributed by atoms with Gasteiger partial charge in [0.1, 0.15) is 32.7 Å². The van der Waals surface area contributed by atoms with Gasteiger partial charge in [0.25, 0.3) is 0 Å². The molecule has 0 aromatic rings. The lowest BCUT2D eigenvalue weighted by Crippen LogP contribution is -2.36. The number of nitriles is 2. The van der Waals surface area contributed by atoms with Crippen LogP contribution in [0.25, 0.3) is 0 Å². The Hall–Kier alpha value is -2.87. The van der Waals surface area contributed by atoms with E-state index in [-0.39, 0.29) is 19.8 Å². The number of ether oxygens (including phenoxy) is 3. The largest absolute Gasteiger partial charge is 0.464 e. The van der Waals surface area contributed by atoms with E-state index in [1.54, 1.807) is 19.1 Å². The molecule has 0 aromatic carbocycles. The molecule has 0 atom stereocenters. The lowest BCUT2D eigenvalue weighted by atomic mass is 9.94. The van der Waals surface area contributed by atoms with E-state index in [1.807, 2.05) is 0 Å². The Balaban J connectivity index is 4.66. The molecule has 0 amide bonds. The summed E-state index contributed by atoms with van der Waals surface area (Å²) in [6.45, 7) is 4.15. The van der Waals surface area contributed by atoms with Crippen molar-refractivity contribution in [2.45, 2.75) is 19.8 Å². The van der Waals surface area contributed by atoms with E-state index < -0.39 is 36.2 Å². The molecule has 0 saturated carbocycles. The lowest BCUT2D eigenvalue weighted by molar-refractivity contribution is -0.157. The Morgan fingerprint density at radius 3 is 1.77 bits per heavy atom. The van der Waals surface area contributed by atoms with Gasteiger partial charge in [-0.1, -0.05) is 6.58 Å². The van der Waals surface area contributed by atoms with Crippen molar-refractivity contribution in [3.05, 3.63) is 12.7 Å².